The number of carbonyl (C=O) groups excluding carboxylic acids is 1. The molecule has 0 fully saturated rings. The summed E-state index contributed by atoms with van der Waals surface area (Å²) < 4.78 is 1.05. The van der Waals surface area contributed by atoms with Gasteiger partial charge in [0.05, 0.1) is 16.1 Å². The third-order valence-electron chi connectivity index (χ3n) is 5.23. The number of benzene rings is 3. The molecular weight excluding hydrogens is 426 g/mol. The van der Waals surface area contributed by atoms with Crippen molar-refractivity contribution in [1.82, 2.24) is 10.2 Å². The van der Waals surface area contributed by atoms with Crippen LogP contribution in [0, 0.1) is 6.92 Å². The molecule has 0 bridgehead atoms. The second-order valence-electron chi connectivity index (χ2n) is 7.23. The molecule has 3 aromatic carbocycles. The number of anilines is 1. The molecule has 2 aromatic heterocycles. The number of hydrogen-bond acceptors (Lipinski definition) is 3. The topological polar surface area (TPSA) is 57.8 Å². The molecule has 0 spiro atoms. The molecule has 6 heteroatoms. The van der Waals surface area contributed by atoms with Crippen molar-refractivity contribution in [3.63, 3.8) is 0 Å². The molecule has 0 aliphatic carbocycles. The predicted octanol–water partition coefficient (Wildman–Crippen LogP) is 7.16. The number of halogens is 1. The van der Waals surface area contributed by atoms with Crippen molar-refractivity contribution in [2.45, 2.75) is 6.92 Å². The van der Waals surface area contributed by atoms with Crippen LogP contribution in [0.3, 0.4) is 0 Å². The second-order valence-corrected chi connectivity index (χ2v) is 8.71. The molecule has 0 atom stereocenters. The summed E-state index contributed by atoms with van der Waals surface area (Å²) in [6, 6.07) is 21.4. The van der Waals surface area contributed by atoms with E-state index in [4.69, 9.17) is 11.6 Å². The molecule has 152 valence electrons. The van der Waals surface area contributed by atoms with Crippen LogP contribution in [0.2, 0.25) is 5.02 Å². The summed E-state index contributed by atoms with van der Waals surface area (Å²) in [5.41, 5.74) is 4.44. The van der Waals surface area contributed by atoms with E-state index in [0.29, 0.717) is 9.90 Å². The first-order valence-electron chi connectivity index (χ1n) is 9.80. The zero-order valence-corrected chi connectivity index (χ0v) is 18.2. The molecule has 2 N–H and O–H groups in total. The Morgan fingerprint density at radius 1 is 1.03 bits per heavy atom. The zero-order valence-electron chi connectivity index (χ0n) is 16.6. The molecule has 4 nitrogen and oxygen atoms in total. The van der Waals surface area contributed by atoms with Crippen molar-refractivity contribution in [3.05, 3.63) is 93.5 Å². The Labute approximate surface area is 188 Å². The molecule has 2 heterocycles. The predicted molar refractivity (Wildman–Crippen MR) is 131 cm³/mol. The number of fused-ring (bicyclic) bond motifs is 2. The van der Waals surface area contributed by atoms with Crippen molar-refractivity contribution < 1.29 is 4.79 Å². The summed E-state index contributed by atoms with van der Waals surface area (Å²) in [7, 11) is 0. The number of hydrogen-bond donors (Lipinski definition) is 2. The summed E-state index contributed by atoms with van der Waals surface area (Å²) in [6.07, 6.45) is 3.92. The number of aromatic nitrogens is 2. The minimum atomic E-state index is -0.124. The fourth-order valence-corrected chi connectivity index (χ4v) is 4.88. The number of rotatable bonds is 4. The number of para-hydroxylation sites is 2. The van der Waals surface area contributed by atoms with E-state index in [9.17, 15) is 4.79 Å². The molecule has 0 saturated carbocycles. The van der Waals surface area contributed by atoms with Crippen LogP contribution in [0.1, 0.15) is 26.5 Å². The molecule has 1 amide bonds. The van der Waals surface area contributed by atoms with E-state index in [2.05, 4.69) is 15.5 Å². The van der Waals surface area contributed by atoms with E-state index in [1.807, 2.05) is 85.8 Å². The summed E-state index contributed by atoms with van der Waals surface area (Å²) in [6.45, 7) is 1.96. The molecule has 0 aliphatic rings. The third kappa shape index (κ3) is 3.74. The smallest absolute Gasteiger partial charge is 0.266 e. The average Bonchev–Trinajstić information content (AvgIpc) is 3.34. The fraction of sp³-hybridized carbons (Fsp3) is 0.0400. The van der Waals surface area contributed by atoms with Gasteiger partial charge in [-0.05, 0) is 59.8 Å². The minimum absolute atomic E-state index is 0.124. The van der Waals surface area contributed by atoms with E-state index in [0.717, 1.165) is 43.5 Å². The summed E-state index contributed by atoms with van der Waals surface area (Å²) >= 11 is 7.61. The number of H-pyrrole nitrogens is 1. The van der Waals surface area contributed by atoms with Gasteiger partial charge in [-0.25, -0.2) is 0 Å². The molecule has 5 aromatic rings. The van der Waals surface area contributed by atoms with Crippen LogP contribution in [-0.4, -0.2) is 16.1 Å². The number of amides is 1. The van der Waals surface area contributed by atoms with Crippen LogP contribution in [0.5, 0.6) is 0 Å². The van der Waals surface area contributed by atoms with Gasteiger partial charge >= 0.3 is 0 Å². The number of thiophene rings is 1. The minimum Gasteiger partial charge on any atom is -0.321 e. The van der Waals surface area contributed by atoms with Crippen LogP contribution >= 0.6 is 22.9 Å². The van der Waals surface area contributed by atoms with Crippen LogP contribution in [0.15, 0.2) is 66.7 Å². The van der Waals surface area contributed by atoms with Crippen molar-refractivity contribution in [3.8, 4) is 0 Å². The van der Waals surface area contributed by atoms with Crippen LogP contribution < -0.4 is 5.32 Å². The highest BCUT2D eigenvalue weighted by molar-refractivity contribution is 7.21. The van der Waals surface area contributed by atoms with Crippen molar-refractivity contribution in [1.29, 1.82) is 0 Å². The average molecular weight is 444 g/mol. The van der Waals surface area contributed by atoms with Crippen LogP contribution in [0.4, 0.5) is 5.69 Å². The molecule has 0 aliphatic heterocycles. The van der Waals surface area contributed by atoms with Gasteiger partial charge in [0.15, 0.2) is 0 Å². The first kappa shape index (κ1) is 19.5. The Balaban J connectivity index is 1.44. The highest BCUT2D eigenvalue weighted by Gasteiger charge is 2.16. The normalized spacial score (nSPS) is 11.5. The first-order chi connectivity index (χ1) is 15.1. The quantitative estimate of drug-likeness (QED) is 0.309. The number of aromatic amines is 1. The van der Waals surface area contributed by atoms with E-state index >= 15 is 0 Å². The van der Waals surface area contributed by atoms with Gasteiger partial charge in [-0.1, -0.05) is 54.1 Å². The zero-order chi connectivity index (χ0) is 21.4. The summed E-state index contributed by atoms with van der Waals surface area (Å²) in [4.78, 5) is 13.8. The maximum absolute atomic E-state index is 13.1. The Morgan fingerprint density at radius 2 is 1.84 bits per heavy atom. The first-order valence-corrected chi connectivity index (χ1v) is 11.0. The lowest BCUT2D eigenvalue weighted by Crippen LogP contribution is -2.12. The molecule has 0 radical (unpaired) electrons. The molecule has 0 saturated heterocycles. The Kier molecular flexibility index (Phi) is 5.06. The lowest BCUT2D eigenvalue weighted by Gasteiger charge is -2.08. The third-order valence-corrected chi connectivity index (χ3v) is 6.74. The lowest BCUT2D eigenvalue weighted by molar-refractivity contribution is 0.103. The van der Waals surface area contributed by atoms with Gasteiger partial charge in [-0.15, -0.1) is 11.3 Å². The van der Waals surface area contributed by atoms with Crippen LogP contribution in [0.25, 0.3) is 33.1 Å². The monoisotopic (exact) mass is 443 g/mol. The number of nitrogens with zero attached hydrogens (tertiary/aromatic N) is 1. The van der Waals surface area contributed by atoms with Crippen molar-refractivity contribution in [2.24, 2.45) is 0 Å². The van der Waals surface area contributed by atoms with E-state index in [1.165, 1.54) is 11.3 Å². The molecular formula is C25H18ClN3OS. The lowest BCUT2D eigenvalue weighted by atomic mass is 10.1. The van der Waals surface area contributed by atoms with E-state index in [-0.39, 0.29) is 5.91 Å². The highest BCUT2D eigenvalue weighted by Crippen LogP contribution is 2.33. The maximum Gasteiger partial charge on any atom is 0.266 e. The Morgan fingerprint density at radius 3 is 2.74 bits per heavy atom. The van der Waals surface area contributed by atoms with E-state index < -0.39 is 0 Å². The molecule has 31 heavy (non-hydrogen) atoms. The number of aryl methyl sites for hydroxylation is 1. The van der Waals surface area contributed by atoms with Gasteiger partial charge < -0.3 is 5.32 Å². The maximum atomic E-state index is 13.1. The molecule has 0 unspecified atom stereocenters. The van der Waals surface area contributed by atoms with E-state index in [1.54, 1.807) is 0 Å². The van der Waals surface area contributed by atoms with Gasteiger partial charge in [-0.3, -0.25) is 9.89 Å². The largest absolute Gasteiger partial charge is 0.321 e. The standard InChI is InChI=1S/C25H18ClN3OS/c1-15-19-14-17(26)11-13-23(19)31-24(15)25(30)27-20-8-4-2-6-16(20)10-12-22-18-7-3-5-9-21(18)28-29-22/h2-14H,1H3,(H,27,30)(H,28,29). The second kappa shape index (κ2) is 8.02. The van der Waals surface area contributed by atoms with Crippen LogP contribution in [-0.2, 0) is 0 Å². The Hall–Kier alpha value is -3.41. The van der Waals surface area contributed by atoms with Gasteiger partial charge in [0.2, 0.25) is 0 Å². The highest BCUT2D eigenvalue weighted by atomic mass is 35.5. The Bertz CT molecular complexity index is 1460. The summed E-state index contributed by atoms with van der Waals surface area (Å²) in [5.74, 6) is -0.124. The van der Waals surface area contributed by atoms with Gasteiger partial charge in [0.25, 0.3) is 5.91 Å². The molecule has 5 rings (SSSR count). The van der Waals surface area contributed by atoms with Crippen molar-refractivity contribution in [2.75, 3.05) is 5.32 Å². The fourth-order valence-electron chi connectivity index (χ4n) is 3.63. The van der Waals surface area contributed by atoms with Crippen molar-refractivity contribution >= 4 is 67.7 Å². The van der Waals surface area contributed by atoms with Gasteiger partial charge in [0.1, 0.15) is 0 Å². The summed E-state index contributed by atoms with van der Waals surface area (Å²) in [5, 5.41) is 13.2. The number of carbonyl (C=O) groups is 1. The van der Waals surface area contributed by atoms with Gasteiger partial charge in [0, 0.05) is 20.8 Å². The van der Waals surface area contributed by atoms with Gasteiger partial charge in [-0.2, -0.15) is 5.10 Å². The SMILES string of the molecule is Cc1c(C(=O)Nc2ccccc2C=Cc2n[nH]c3ccccc23)sc2ccc(Cl)cc12. The number of nitrogens with one attached hydrogen (secondary N) is 2.